The lowest BCUT2D eigenvalue weighted by Crippen LogP contribution is -2.25. The van der Waals surface area contributed by atoms with E-state index in [1.165, 1.54) is 12.1 Å². The first-order valence-corrected chi connectivity index (χ1v) is 6.03. The highest BCUT2D eigenvalue weighted by atomic mass is 19.3. The molecule has 0 bridgehead atoms. The van der Waals surface area contributed by atoms with E-state index >= 15 is 0 Å². The fourth-order valence-electron chi connectivity index (χ4n) is 1.88. The van der Waals surface area contributed by atoms with Gasteiger partial charge in [0.1, 0.15) is 0 Å². The number of benzene rings is 1. The largest absolute Gasteiger partial charge is 0.586 e. The molecule has 1 heterocycles. The van der Waals surface area contributed by atoms with Gasteiger partial charge in [-0.05, 0) is 36.5 Å². The Kier molecular flexibility index (Phi) is 3.43. The molecule has 2 rings (SSSR count). The van der Waals surface area contributed by atoms with Crippen LogP contribution in [0.2, 0.25) is 0 Å². The van der Waals surface area contributed by atoms with E-state index in [9.17, 15) is 8.78 Å². The van der Waals surface area contributed by atoms with Crippen molar-refractivity contribution in [3.05, 3.63) is 23.8 Å². The van der Waals surface area contributed by atoms with Crippen molar-refractivity contribution < 1.29 is 18.3 Å². The van der Waals surface area contributed by atoms with Gasteiger partial charge >= 0.3 is 6.29 Å². The van der Waals surface area contributed by atoms with Crippen LogP contribution >= 0.6 is 0 Å². The Balaban J connectivity index is 2.08. The summed E-state index contributed by atoms with van der Waals surface area (Å²) < 4.78 is 34.4. The maximum absolute atomic E-state index is 12.8. The van der Waals surface area contributed by atoms with Crippen molar-refractivity contribution in [2.24, 2.45) is 11.7 Å². The van der Waals surface area contributed by atoms with Crippen LogP contribution in [-0.2, 0) is 0 Å². The molecule has 0 radical (unpaired) electrons. The van der Waals surface area contributed by atoms with Crippen molar-refractivity contribution in [3.63, 3.8) is 0 Å². The summed E-state index contributed by atoms with van der Waals surface area (Å²) in [7, 11) is 0. The number of ether oxygens (including phenoxy) is 2. The van der Waals surface area contributed by atoms with E-state index in [-0.39, 0.29) is 17.5 Å². The summed E-state index contributed by atoms with van der Waals surface area (Å²) in [6, 6.07) is 4.53. The monoisotopic (exact) mass is 257 g/mol. The molecule has 2 N–H and O–H groups in total. The number of hydrogen-bond donors (Lipinski definition) is 1. The van der Waals surface area contributed by atoms with E-state index < -0.39 is 6.29 Å². The Morgan fingerprint density at radius 1 is 1.17 bits per heavy atom. The van der Waals surface area contributed by atoms with E-state index in [0.29, 0.717) is 5.92 Å². The highest BCUT2D eigenvalue weighted by Gasteiger charge is 2.43. The number of nitrogens with two attached hydrogens (primary N) is 1. The second-order valence-electron chi connectivity index (χ2n) is 4.95. The Morgan fingerprint density at radius 3 is 2.50 bits per heavy atom. The van der Waals surface area contributed by atoms with Crippen LogP contribution in [0.3, 0.4) is 0 Å². The van der Waals surface area contributed by atoms with Crippen LogP contribution in [0.15, 0.2) is 18.2 Å². The highest BCUT2D eigenvalue weighted by molar-refractivity contribution is 5.45. The van der Waals surface area contributed by atoms with Gasteiger partial charge in [-0.1, -0.05) is 19.9 Å². The van der Waals surface area contributed by atoms with Gasteiger partial charge < -0.3 is 15.2 Å². The lowest BCUT2D eigenvalue weighted by Gasteiger charge is -2.13. The molecule has 0 amide bonds. The SMILES string of the molecule is CC(C)CC[C@@H](N)c1ccc2c(c1)OC(F)(F)O2. The summed E-state index contributed by atoms with van der Waals surface area (Å²) in [5, 5.41) is 0. The molecule has 1 aromatic rings. The lowest BCUT2D eigenvalue weighted by molar-refractivity contribution is -0.286. The summed E-state index contributed by atoms with van der Waals surface area (Å²) in [6.45, 7) is 4.24. The van der Waals surface area contributed by atoms with Gasteiger partial charge in [0.2, 0.25) is 0 Å². The fraction of sp³-hybridized carbons (Fsp3) is 0.538. The zero-order chi connectivity index (χ0) is 13.3. The molecule has 1 aliphatic heterocycles. The van der Waals surface area contributed by atoms with Crippen LogP contribution in [0.5, 0.6) is 11.5 Å². The quantitative estimate of drug-likeness (QED) is 0.898. The van der Waals surface area contributed by atoms with Gasteiger partial charge in [0.05, 0.1) is 0 Å². The van der Waals surface area contributed by atoms with E-state index in [4.69, 9.17) is 5.73 Å². The van der Waals surface area contributed by atoms with E-state index in [1.807, 2.05) is 0 Å². The molecule has 0 saturated carbocycles. The maximum atomic E-state index is 12.8. The molecule has 1 aliphatic rings. The number of halogens is 2. The zero-order valence-electron chi connectivity index (χ0n) is 10.5. The van der Waals surface area contributed by atoms with Crippen molar-refractivity contribution in [2.45, 2.75) is 39.0 Å². The standard InChI is InChI=1S/C13H17F2NO2/c1-8(2)3-5-10(16)9-4-6-11-12(7-9)18-13(14,15)17-11/h4,6-8,10H,3,5,16H2,1-2H3/t10-/m1/s1. The molecule has 3 nitrogen and oxygen atoms in total. The fourth-order valence-corrected chi connectivity index (χ4v) is 1.88. The molecule has 1 atom stereocenters. The predicted octanol–water partition coefficient (Wildman–Crippen LogP) is 3.44. The first kappa shape index (κ1) is 13.1. The molecule has 0 unspecified atom stereocenters. The molecular weight excluding hydrogens is 240 g/mol. The van der Waals surface area contributed by atoms with Gasteiger partial charge in [-0.2, -0.15) is 0 Å². The van der Waals surface area contributed by atoms with Gasteiger partial charge in [0.25, 0.3) is 0 Å². The minimum absolute atomic E-state index is 0.0532. The summed E-state index contributed by atoms with van der Waals surface area (Å²) in [4.78, 5) is 0. The first-order valence-electron chi connectivity index (χ1n) is 6.03. The molecule has 0 aromatic heterocycles. The number of fused-ring (bicyclic) bond motifs is 1. The Bertz CT molecular complexity index is 435. The van der Waals surface area contributed by atoms with Crippen LogP contribution in [0.4, 0.5) is 8.78 Å². The van der Waals surface area contributed by atoms with Crippen LogP contribution < -0.4 is 15.2 Å². The van der Waals surface area contributed by atoms with Gasteiger partial charge in [-0.25, -0.2) is 0 Å². The second kappa shape index (κ2) is 4.72. The average Bonchev–Trinajstić information content (AvgIpc) is 2.58. The Labute approximate surface area is 105 Å². The molecular formula is C13H17F2NO2. The molecule has 5 heteroatoms. The molecule has 0 saturated heterocycles. The third kappa shape index (κ3) is 2.90. The van der Waals surface area contributed by atoms with Crippen LogP contribution in [-0.4, -0.2) is 6.29 Å². The van der Waals surface area contributed by atoms with E-state index in [1.54, 1.807) is 6.07 Å². The average molecular weight is 257 g/mol. The van der Waals surface area contributed by atoms with Crippen molar-refractivity contribution in [3.8, 4) is 11.5 Å². The molecule has 18 heavy (non-hydrogen) atoms. The highest BCUT2D eigenvalue weighted by Crippen LogP contribution is 2.42. The van der Waals surface area contributed by atoms with Crippen molar-refractivity contribution in [2.75, 3.05) is 0 Å². The van der Waals surface area contributed by atoms with Crippen LogP contribution in [0.25, 0.3) is 0 Å². The summed E-state index contributed by atoms with van der Waals surface area (Å²) in [5.74, 6) is 0.673. The smallest absolute Gasteiger partial charge is 0.395 e. The van der Waals surface area contributed by atoms with Crippen molar-refractivity contribution in [1.29, 1.82) is 0 Å². The molecule has 0 spiro atoms. The first-order chi connectivity index (χ1) is 8.37. The lowest BCUT2D eigenvalue weighted by atomic mass is 9.98. The topological polar surface area (TPSA) is 44.5 Å². The minimum atomic E-state index is -3.57. The van der Waals surface area contributed by atoms with Crippen molar-refractivity contribution >= 4 is 0 Å². The molecule has 1 aromatic carbocycles. The normalized spacial score (nSPS) is 18.1. The molecule has 100 valence electrons. The third-order valence-corrected chi connectivity index (χ3v) is 2.91. The van der Waals surface area contributed by atoms with Gasteiger partial charge in [-0.15, -0.1) is 8.78 Å². The van der Waals surface area contributed by atoms with Crippen LogP contribution in [0.1, 0.15) is 38.3 Å². The number of rotatable bonds is 4. The number of alkyl halides is 2. The summed E-state index contributed by atoms with van der Waals surface area (Å²) in [5.41, 5.74) is 6.81. The third-order valence-electron chi connectivity index (χ3n) is 2.91. The summed E-state index contributed by atoms with van der Waals surface area (Å²) in [6.07, 6.45) is -1.76. The minimum Gasteiger partial charge on any atom is -0.395 e. The zero-order valence-corrected chi connectivity index (χ0v) is 10.5. The van der Waals surface area contributed by atoms with E-state index in [0.717, 1.165) is 18.4 Å². The van der Waals surface area contributed by atoms with Gasteiger partial charge in [0.15, 0.2) is 11.5 Å². The maximum Gasteiger partial charge on any atom is 0.586 e. The van der Waals surface area contributed by atoms with Gasteiger partial charge in [-0.3, -0.25) is 0 Å². The Hall–Kier alpha value is -1.36. The van der Waals surface area contributed by atoms with Gasteiger partial charge in [0, 0.05) is 6.04 Å². The Morgan fingerprint density at radius 2 is 1.83 bits per heavy atom. The number of hydrogen-bond acceptors (Lipinski definition) is 3. The summed E-state index contributed by atoms with van der Waals surface area (Å²) >= 11 is 0. The van der Waals surface area contributed by atoms with Crippen molar-refractivity contribution in [1.82, 2.24) is 0 Å². The molecule has 0 fully saturated rings. The molecule has 0 aliphatic carbocycles. The van der Waals surface area contributed by atoms with E-state index in [2.05, 4.69) is 23.3 Å². The predicted molar refractivity (Wildman–Crippen MR) is 63.6 cm³/mol. The second-order valence-corrected chi connectivity index (χ2v) is 4.95. The van der Waals surface area contributed by atoms with Crippen LogP contribution in [0, 0.1) is 5.92 Å².